The monoisotopic (exact) mass is 269 g/mol. The maximum atomic E-state index is 5.85. The fourth-order valence-corrected chi connectivity index (χ4v) is 1.92. The van der Waals surface area contributed by atoms with Gasteiger partial charge in [-0.1, -0.05) is 29.8 Å². The highest BCUT2D eigenvalue weighted by Gasteiger charge is 2.01. The van der Waals surface area contributed by atoms with Crippen molar-refractivity contribution in [3.05, 3.63) is 71.9 Å². The van der Waals surface area contributed by atoms with Gasteiger partial charge in [-0.25, -0.2) is 4.68 Å². The zero-order chi connectivity index (χ0) is 13.1. The lowest BCUT2D eigenvalue weighted by atomic mass is 10.3. The lowest BCUT2D eigenvalue weighted by molar-refractivity contribution is 0.884. The fraction of sp³-hybridized carbons (Fsp3) is 0. The first-order valence-corrected chi connectivity index (χ1v) is 6.33. The summed E-state index contributed by atoms with van der Waals surface area (Å²) in [5.41, 5.74) is 1.99. The van der Waals surface area contributed by atoms with Crippen molar-refractivity contribution < 1.29 is 0 Å². The summed E-state index contributed by atoms with van der Waals surface area (Å²) in [6.07, 6.45) is 1.92. The summed E-state index contributed by atoms with van der Waals surface area (Å²) in [6, 6.07) is 19.5. The number of aromatic nitrogens is 2. The summed E-state index contributed by atoms with van der Waals surface area (Å²) in [4.78, 5) is 0. The Balaban J connectivity index is 1.80. The summed E-state index contributed by atoms with van der Waals surface area (Å²) in [6.45, 7) is 0. The molecule has 0 atom stereocenters. The van der Waals surface area contributed by atoms with Crippen molar-refractivity contribution in [3.8, 4) is 5.69 Å². The van der Waals surface area contributed by atoms with Crippen molar-refractivity contribution in [2.75, 3.05) is 5.32 Å². The van der Waals surface area contributed by atoms with E-state index in [0.29, 0.717) is 0 Å². The molecule has 3 rings (SSSR count). The van der Waals surface area contributed by atoms with Crippen molar-refractivity contribution >= 4 is 23.1 Å². The van der Waals surface area contributed by atoms with Crippen molar-refractivity contribution in [2.45, 2.75) is 0 Å². The number of anilines is 2. The number of nitrogens with one attached hydrogen (secondary N) is 1. The van der Waals surface area contributed by atoms with E-state index in [-0.39, 0.29) is 0 Å². The van der Waals surface area contributed by atoms with E-state index in [1.165, 1.54) is 0 Å². The summed E-state index contributed by atoms with van der Waals surface area (Å²) in [5, 5.41) is 8.42. The van der Waals surface area contributed by atoms with Gasteiger partial charge in [0.15, 0.2) is 5.82 Å². The second-order valence-corrected chi connectivity index (χ2v) is 4.55. The Morgan fingerprint density at radius 2 is 1.63 bits per heavy atom. The molecule has 0 saturated carbocycles. The normalized spacial score (nSPS) is 10.4. The lowest BCUT2D eigenvalue weighted by Gasteiger charge is -2.03. The number of benzene rings is 2. The van der Waals surface area contributed by atoms with Crippen LogP contribution < -0.4 is 5.32 Å². The summed E-state index contributed by atoms with van der Waals surface area (Å²) < 4.78 is 1.83. The number of rotatable bonds is 3. The average Bonchev–Trinajstić information content (AvgIpc) is 2.91. The maximum absolute atomic E-state index is 5.85. The van der Waals surface area contributed by atoms with E-state index in [4.69, 9.17) is 11.6 Å². The molecule has 3 aromatic rings. The molecule has 1 heterocycles. The molecule has 0 unspecified atom stereocenters. The molecule has 94 valence electrons. The van der Waals surface area contributed by atoms with Crippen LogP contribution in [0.5, 0.6) is 0 Å². The van der Waals surface area contributed by atoms with Gasteiger partial charge in [-0.2, -0.15) is 5.10 Å². The van der Waals surface area contributed by atoms with Crippen molar-refractivity contribution in [3.63, 3.8) is 0 Å². The van der Waals surface area contributed by atoms with Gasteiger partial charge in [0.05, 0.1) is 5.69 Å². The molecule has 19 heavy (non-hydrogen) atoms. The van der Waals surface area contributed by atoms with Gasteiger partial charge in [0.2, 0.25) is 0 Å². The quantitative estimate of drug-likeness (QED) is 0.769. The van der Waals surface area contributed by atoms with Crippen LogP contribution in [0.25, 0.3) is 5.69 Å². The second-order valence-electron chi connectivity index (χ2n) is 4.11. The third-order valence-electron chi connectivity index (χ3n) is 2.73. The van der Waals surface area contributed by atoms with Crippen LogP contribution in [0.2, 0.25) is 5.02 Å². The number of hydrogen-bond acceptors (Lipinski definition) is 2. The third kappa shape index (κ3) is 2.77. The van der Waals surface area contributed by atoms with Crippen LogP contribution in [0, 0.1) is 0 Å². The minimum Gasteiger partial charge on any atom is -0.339 e. The van der Waals surface area contributed by atoms with Gasteiger partial charge in [0.25, 0.3) is 0 Å². The van der Waals surface area contributed by atoms with Gasteiger partial charge < -0.3 is 5.32 Å². The Bertz CT molecular complexity index is 659. The highest BCUT2D eigenvalue weighted by Crippen LogP contribution is 2.18. The Labute approximate surface area is 116 Å². The predicted molar refractivity (Wildman–Crippen MR) is 78.3 cm³/mol. The Kier molecular flexibility index (Phi) is 3.21. The molecule has 1 aromatic heterocycles. The lowest BCUT2D eigenvalue weighted by Crippen LogP contribution is -1.96. The first-order valence-electron chi connectivity index (χ1n) is 5.95. The molecule has 0 aliphatic rings. The minimum atomic E-state index is 0.723. The fourth-order valence-electron chi connectivity index (χ4n) is 1.80. The summed E-state index contributed by atoms with van der Waals surface area (Å²) >= 11 is 5.85. The minimum absolute atomic E-state index is 0.723. The van der Waals surface area contributed by atoms with Crippen LogP contribution in [-0.2, 0) is 0 Å². The van der Waals surface area contributed by atoms with Gasteiger partial charge in [-0.05, 0) is 36.4 Å². The topological polar surface area (TPSA) is 29.9 Å². The van der Waals surface area contributed by atoms with Crippen LogP contribution in [-0.4, -0.2) is 9.78 Å². The van der Waals surface area contributed by atoms with Crippen LogP contribution in [0.1, 0.15) is 0 Å². The molecule has 0 spiro atoms. The van der Waals surface area contributed by atoms with Gasteiger partial charge in [0.1, 0.15) is 0 Å². The van der Waals surface area contributed by atoms with Crippen LogP contribution in [0.15, 0.2) is 66.9 Å². The van der Waals surface area contributed by atoms with Crippen LogP contribution >= 0.6 is 11.6 Å². The SMILES string of the molecule is Clc1ccc(Nc2ccn(-c3ccccc3)n2)cc1. The number of halogens is 1. The highest BCUT2D eigenvalue weighted by molar-refractivity contribution is 6.30. The van der Waals surface area contributed by atoms with E-state index in [1.807, 2.05) is 71.5 Å². The zero-order valence-electron chi connectivity index (χ0n) is 10.1. The number of para-hydroxylation sites is 1. The molecule has 0 saturated heterocycles. The molecule has 0 radical (unpaired) electrons. The molecule has 4 heteroatoms. The van der Waals surface area contributed by atoms with Crippen LogP contribution in [0.4, 0.5) is 11.5 Å². The standard InChI is InChI=1S/C15H12ClN3/c16-12-6-8-13(9-7-12)17-15-10-11-19(18-15)14-4-2-1-3-5-14/h1-11H,(H,17,18). The molecular formula is C15H12ClN3. The van der Waals surface area contributed by atoms with Gasteiger partial charge in [-0.3, -0.25) is 0 Å². The summed E-state index contributed by atoms with van der Waals surface area (Å²) in [5.74, 6) is 0.797. The average molecular weight is 270 g/mol. The van der Waals surface area contributed by atoms with Crippen molar-refractivity contribution in [2.24, 2.45) is 0 Å². The van der Waals surface area contributed by atoms with Crippen molar-refractivity contribution in [1.82, 2.24) is 9.78 Å². The van der Waals surface area contributed by atoms with E-state index < -0.39 is 0 Å². The van der Waals surface area contributed by atoms with E-state index in [9.17, 15) is 0 Å². The second kappa shape index (κ2) is 5.16. The first-order chi connectivity index (χ1) is 9.31. The van der Waals surface area contributed by atoms with Crippen molar-refractivity contribution in [1.29, 1.82) is 0 Å². The Hall–Kier alpha value is -2.26. The largest absolute Gasteiger partial charge is 0.339 e. The molecule has 2 aromatic carbocycles. The third-order valence-corrected chi connectivity index (χ3v) is 2.98. The molecule has 1 N–H and O–H groups in total. The van der Waals surface area contributed by atoms with E-state index >= 15 is 0 Å². The molecule has 0 amide bonds. The number of hydrogen-bond donors (Lipinski definition) is 1. The zero-order valence-corrected chi connectivity index (χ0v) is 10.9. The molecular weight excluding hydrogens is 258 g/mol. The Morgan fingerprint density at radius 1 is 0.895 bits per heavy atom. The molecule has 0 aliphatic carbocycles. The summed E-state index contributed by atoms with van der Waals surface area (Å²) in [7, 11) is 0. The van der Waals surface area contributed by atoms with Gasteiger partial charge in [-0.15, -0.1) is 0 Å². The first kappa shape index (κ1) is 11.8. The van der Waals surface area contributed by atoms with E-state index in [0.717, 1.165) is 22.2 Å². The highest BCUT2D eigenvalue weighted by atomic mass is 35.5. The predicted octanol–water partition coefficient (Wildman–Crippen LogP) is 4.27. The molecule has 0 bridgehead atoms. The van der Waals surface area contributed by atoms with E-state index in [1.54, 1.807) is 0 Å². The molecule has 3 nitrogen and oxygen atoms in total. The molecule has 0 aliphatic heterocycles. The van der Waals surface area contributed by atoms with Crippen LogP contribution in [0.3, 0.4) is 0 Å². The number of nitrogens with zero attached hydrogens (tertiary/aromatic N) is 2. The smallest absolute Gasteiger partial charge is 0.152 e. The Morgan fingerprint density at radius 3 is 2.37 bits per heavy atom. The molecule has 0 fully saturated rings. The van der Waals surface area contributed by atoms with E-state index in [2.05, 4.69) is 10.4 Å². The maximum Gasteiger partial charge on any atom is 0.152 e. The van der Waals surface area contributed by atoms with Gasteiger partial charge >= 0.3 is 0 Å². The van der Waals surface area contributed by atoms with Gasteiger partial charge in [0, 0.05) is 23.0 Å².